The molecular formula is C16H18N2O2. The van der Waals surface area contributed by atoms with Crippen molar-refractivity contribution in [3.8, 4) is 0 Å². The van der Waals surface area contributed by atoms with Crippen molar-refractivity contribution in [1.82, 2.24) is 5.43 Å². The largest absolute Gasteiger partial charge is 0.385 e. The van der Waals surface area contributed by atoms with E-state index >= 15 is 0 Å². The molecule has 104 valence electrons. The van der Waals surface area contributed by atoms with Crippen LogP contribution in [-0.2, 0) is 10.4 Å². The lowest BCUT2D eigenvalue weighted by Gasteiger charge is -2.23. The summed E-state index contributed by atoms with van der Waals surface area (Å²) in [6.07, 6.45) is -0.0170. The number of rotatable bonds is 5. The predicted molar refractivity (Wildman–Crippen MR) is 78.8 cm³/mol. The third-order valence-electron chi connectivity index (χ3n) is 3.02. The van der Waals surface area contributed by atoms with Crippen molar-refractivity contribution in [3.05, 3.63) is 66.2 Å². The maximum Gasteiger partial charge on any atom is 0.241 e. The molecule has 1 amide bonds. The van der Waals surface area contributed by atoms with Gasteiger partial charge in [-0.15, -0.1) is 0 Å². The molecule has 3 N–H and O–H groups in total. The molecule has 2 aromatic rings. The minimum absolute atomic E-state index is 0.0170. The first-order chi connectivity index (χ1) is 9.58. The third kappa shape index (κ3) is 3.83. The first-order valence-corrected chi connectivity index (χ1v) is 6.46. The van der Waals surface area contributed by atoms with Gasteiger partial charge in [0.1, 0.15) is 0 Å². The highest BCUT2D eigenvalue weighted by molar-refractivity contribution is 5.78. The summed E-state index contributed by atoms with van der Waals surface area (Å²) in [5.74, 6) is -0.275. The topological polar surface area (TPSA) is 61.4 Å². The average Bonchev–Trinajstić information content (AvgIpc) is 2.47. The van der Waals surface area contributed by atoms with Crippen molar-refractivity contribution in [2.24, 2.45) is 0 Å². The quantitative estimate of drug-likeness (QED) is 0.731. The molecule has 0 aliphatic carbocycles. The Kier molecular flexibility index (Phi) is 4.38. The Morgan fingerprint density at radius 3 is 2.20 bits per heavy atom. The Balaban J connectivity index is 1.91. The summed E-state index contributed by atoms with van der Waals surface area (Å²) in [6.45, 7) is 1.63. The van der Waals surface area contributed by atoms with Crippen molar-refractivity contribution in [1.29, 1.82) is 0 Å². The molecule has 2 aromatic carbocycles. The van der Waals surface area contributed by atoms with E-state index in [9.17, 15) is 9.90 Å². The first kappa shape index (κ1) is 14.1. The number of carbonyl (C=O) groups excluding carboxylic acids is 1. The number of amides is 1. The predicted octanol–water partition coefficient (Wildman–Crippen LogP) is 2.43. The molecule has 0 saturated carbocycles. The highest BCUT2D eigenvalue weighted by atomic mass is 16.3. The van der Waals surface area contributed by atoms with E-state index in [1.54, 1.807) is 19.1 Å². The van der Waals surface area contributed by atoms with Crippen LogP contribution in [0.4, 0.5) is 5.69 Å². The minimum Gasteiger partial charge on any atom is -0.385 e. The van der Waals surface area contributed by atoms with E-state index in [-0.39, 0.29) is 12.3 Å². The monoisotopic (exact) mass is 270 g/mol. The normalized spacial score (nSPS) is 13.3. The van der Waals surface area contributed by atoms with Crippen molar-refractivity contribution < 1.29 is 9.90 Å². The second-order valence-corrected chi connectivity index (χ2v) is 4.86. The minimum atomic E-state index is -1.19. The summed E-state index contributed by atoms with van der Waals surface area (Å²) in [4.78, 5) is 11.9. The summed E-state index contributed by atoms with van der Waals surface area (Å²) in [5, 5.41) is 10.4. The number of nitrogens with one attached hydrogen (secondary N) is 2. The third-order valence-corrected chi connectivity index (χ3v) is 3.02. The maximum absolute atomic E-state index is 11.9. The van der Waals surface area contributed by atoms with Gasteiger partial charge in [0.05, 0.1) is 17.7 Å². The van der Waals surface area contributed by atoms with E-state index in [0.29, 0.717) is 0 Å². The highest BCUT2D eigenvalue weighted by Gasteiger charge is 2.26. The van der Waals surface area contributed by atoms with Crippen LogP contribution in [0.2, 0.25) is 0 Å². The van der Waals surface area contributed by atoms with E-state index in [0.717, 1.165) is 11.3 Å². The smallest absolute Gasteiger partial charge is 0.241 e. The number of hydrogen-bond acceptors (Lipinski definition) is 3. The summed E-state index contributed by atoms with van der Waals surface area (Å²) < 4.78 is 0. The molecule has 1 atom stereocenters. The van der Waals surface area contributed by atoms with Gasteiger partial charge in [0.2, 0.25) is 5.91 Å². The first-order valence-electron chi connectivity index (χ1n) is 6.46. The molecular weight excluding hydrogens is 252 g/mol. The summed E-state index contributed by atoms with van der Waals surface area (Å²) >= 11 is 0. The number of carbonyl (C=O) groups is 1. The van der Waals surface area contributed by atoms with Crippen molar-refractivity contribution in [3.63, 3.8) is 0 Å². The molecule has 0 radical (unpaired) electrons. The number of benzene rings is 2. The fourth-order valence-electron chi connectivity index (χ4n) is 1.92. The number of aliphatic hydroxyl groups is 1. The van der Waals surface area contributed by atoms with E-state index in [1.165, 1.54) is 0 Å². The second kappa shape index (κ2) is 6.21. The van der Waals surface area contributed by atoms with Gasteiger partial charge in [0, 0.05) is 0 Å². The van der Waals surface area contributed by atoms with Gasteiger partial charge in [-0.2, -0.15) is 0 Å². The number of anilines is 1. The van der Waals surface area contributed by atoms with Crippen LogP contribution in [0.5, 0.6) is 0 Å². The highest BCUT2D eigenvalue weighted by Crippen LogP contribution is 2.23. The fourth-order valence-corrected chi connectivity index (χ4v) is 1.92. The van der Waals surface area contributed by atoms with Crippen LogP contribution in [0.3, 0.4) is 0 Å². The standard InChI is InChI=1S/C16H18N2O2/c1-16(20,13-8-4-2-5-9-13)12-15(19)18-17-14-10-6-3-7-11-14/h2-11,17,20H,12H2,1H3,(H,18,19). The van der Waals surface area contributed by atoms with Gasteiger partial charge in [0.15, 0.2) is 0 Å². The van der Waals surface area contributed by atoms with Crippen LogP contribution in [0.1, 0.15) is 18.9 Å². The van der Waals surface area contributed by atoms with Gasteiger partial charge < -0.3 is 5.11 Å². The molecule has 4 nitrogen and oxygen atoms in total. The zero-order chi connectivity index (χ0) is 14.4. The molecule has 0 saturated heterocycles. The zero-order valence-corrected chi connectivity index (χ0v) is 11.3. The van der Waals surface area contributed by atoms with Crippen LogP contribution < -0.4 is 10.9 Å². The lowest BCUT2D eigenvalue weighted by Crippen LogP contribution is -2.35. The Hall–Kier alpha value is -2.33. The molecule has 0 aromatic heterocycles. The van der Waals surface area contributed by atoms with E-state index in [1.807, 2.05) is 48.5 Å². The Labute approximate surface area is 118 Å². The van der Waals surface area contributed by atoms with Gasteiger partial charge in [-0.1, -0.05) is 48.5 Å². The van der Waals surface area contributed by atoms with Crippen molar-refractivity contribution >= 4 is 11.6 Å². The Morgan fingerprint density at radius 1 is 1.05 bits per heavy atom. The molecule has 0 aliphatic heterocycles. The summed E-state index contributed by atoms with van der Waals surface area (Å²) in [7, 11) is 0. The SMILES string of the molecule is CC(O)(CC(=O)NNc1ccccc1)c1ccccc1. The molecule has 2 rings (SSSR count). The van der Waals surface area contributed by atoms with Crippen LogP contribution in [0.15, 0.2) is 60.7 Å². The number of hydrogen-bond donors (Lipinski definition) is 3. The van der Waals surface area contributed by atoms with Crippen molar-refractivity contribution in [2.75, 3.05) is 5.43 Å². The second-order valence-electron chi connectivity index (χ2n) is 4.86. The van der Waals surface area contributed by atoms with Crippen LogP contribution in [0, 0.1) is 0 Å². The van der Waals surface area contributed by atoms with Gasteiger partial charge in [0.25, 0.3) is 0 Å². The molecule has 0 bridgehead atoms. The number of para-hydroxylation sites is 1. The van der Waals surface area contributed by atoms with Crippen LogP contribution in [0.25, 0.3) is 0 Å². The molecule has 0 heterocycles. The zero-order valence-electron chi connectivity index (χ0n) is 11.3. The fraction of sp³-hybridized carbons (Fsp3) is 0.188. The lowest BCUT2D eigenvalue weighted by molar-refractivity contribution is -0.125. The molecule has 0 fully saturated rings. The Bertz CT molecular complexity index is 553. The van der Waals surface area contributed by atoms with Crippen LogP contribution >= 0.6 is 0 Å². The van der Waals surface area contributed by atoms with Crippen LogP contribution in [-0.4, -0.2) is 11.0 Å². The number of hydrazine groups is 1. The van der Waals surface area contributed by atoms with E-state index < -0.39 is 5.60 Å². The summed E-state index contributed by atoms with van der Waals surface area (Å²) in [5.41, 5.74) is 5.70. The molecule has 1 unspecified atom stereocenters. The van der Waals surface area contributed by atoms with E-state index in [4.69, 9.17) is 0 Å². The van der Waals surface area contributed by atoms with Crippen molar-refractivity contribution in [2.45, 2.75) is 18.9 Å². The maximum atomic E-state index is 11.9. The van der Waals surface area contributed by atoms with Gasteiger partial charge in [-0.25, -0.2) is 0 Å². The lowest BCUT2D eigenvalue weighted by atomic mass is 9.92. The summed E-state index contributed by atoms with van der Waals surface area (Å²) in [6, 6.07) is 18.5. The van der Waals surface area contributed by atoms with Gasteiger partial charge >= 0.3 is 0 Å². The van der Waals surface area contributed by atoms with E-state index in [2.05, 4.69) is 10.9 Å². The molecule has 4 heteroatoms. The molecule has 20 heavy (non-hydrogen) atoms. The van der Waals surface area contributed by atoms with Gasteiger partial charge in [-0.05, 0) is 24.6 Å². The average molecular weight is 270 g/mol. The molecule has 0 aliphatic rings. The molecule has 0 spiro atoms. The Morgan fingerprint density at radius 2 is 1.60 bits per heavy atom. The van der Waals surface area contributed by atoms with Gasteiger partial charge in [-0.3, -0.25) is 15.6 Å².